The Labute approximate surface area is 140 Å². The van der Waals surface area contributed by atoms with E-state index < -0.39 is 11.7 Å². The van der Waals surface area contributed by atoms with Gasteiger partial charge in [-0.05, 0) is 50.7 Å². The van der Waals surface area contributed by atoms with Crippen LogP contribution in [-0.4, -0.2) is 19.7 Å². The summed E-state index contributed by atoms with van der Waals surface area (Å²) in [6, 6.07) is 4.89. The van der Waals surface area contributed by atoms with Crippen molar-refractivity contribution >= 4 is 12.4 Å². The monoisotopic (exact) mass is 347 g/mol. The first-order valence-electron chi connectivity index (χ1n) is 7.32. The maximum absolute atomic E-state index is 12.6. The van der Waals surface area contributed by atoms with Crippen molar-refractivity contribution in [1.29, 1.82) is 0 Å². The standard InChI is InChI=1S/C17H20F3NO.ClH/c1-21-12-11-16(13-5-3-2-4-6-13)22-15-9-7-14(8-10-15)17(18,19)20;/h2-5,7-10,13,16,21H,6,11-12H2,1H3;1H/t13-,16+;/m0./s1. The van der Waals surface area contributed by atoms with Gasteiger partial charge < -0.3 is 10.1 Å². The number of hydrogen-bond acceptors (Lipinski definition) is 2. The van der Waals surface area contributed by atoms with Crippen molar-refractivity contribution in [3.63, 3.8) is 0 Å². The molecule has 2 rings (SSSR count). The van der Waals surface area contributed by atoms with Gasteiger partial charge in [0.25, 0.3) is 0 Å². The molecular weight excluding hydrogens is 327 g/mol. The number of ether oxygens (including phenoxy) is 1. The summed E-state index contributed by atoms with van der Waals surface area (Å²) in [6.07, 6.45) is 5.43. The summed E-state index contributed by atoms with van der Waals surface area (Å²) in [5.41, 5.74) is -0.660. The van der Waals surface area contributed by atoms with Crippen LogP contribution in [0, 0.1) is 5.92 Å². The highest BCUT2D eigenvalue weighted by Crippen LogP contribution is 2.31. The van der Waals surface area contributed by atoms with Crippen LogP contribution in [0.5, 0.6) is 5.75 Å². The summed E-state index contributed by atoms with van der Waals surface area (Å²) in [7, 11) is 1.87. The van der Waals surface area contributed by atoms with Gasteiger partial charge in [0.15, 0.2) is 0 Å². The van der Waals surface area contributed by atoms with Gasteiger partial charge in [-0.25, -0.2) is 0 Å². The Balaban J connectivity index is 0.00000264. The summed E-state index contributed by atoms with van der Waals surface area (Å²) in [5, 5.41) is 3.08. The summed E-state index contributed by atoms with van der Waals surface area (Å²) < 4.78 is 43.7. The quantitative estimate of drug-likeness (QED) is 0.811. The van der Waals surface area contributed by atoms with E-state index in [-0.39, 0.29) is 24.4 Å². The van der Waals surface area contributed by atoms with Gasteiger partial charge in [-0.3, -0.25) is 0 Å². The van der Waals surface area contributed by atoms with E-state index in [2.05, 4.69) is 17.5 Å². The second kappa shape index (κ2) is 8.99. The predicted octanol–water partition coefficient (Wildman–Crippen LogP) is 4.62. The Kier molecular flexibility index (Phi) is 7.65. The molecule has 0 unspecified atom stereocenters. The number of benzene rings is 1. The minimum Gasteiger partial charge on any atom is -0.490 e. The van der Waals surface area contributed by atoms with E-state index in [9.17, 15) is 13.2 Å². The van der Waals surface area contributed by atoms with Crippen LogP contribution in [0.4, 0.5) is 13.2 Å². The zero-order valence-electron chi connectivity index (χ0n) is 12.8. The number of halogens is 4. The van der Waals surface area contributed by atoms with Crippen molar-refractivity contribution < 1.29 is 17.9 Å². The summed E-state index contributed by atoms with van der Waals surface area (Å²) in [4.78, 5) is 0. The predicted molar refractivity (Wildman–Crippen MR) is 88.0 cm³/mol. The van der Waals surface area contributed by atoms with Gasteiger partial charge in [-0.15, -0.1) is 12.4 Å². The highest BCUT2D eigenvalue weighted by atomic mass is 35.5. The van der Waals surface area contributed by atoms with Crippen molar-refractivity contribution in [1.82, 2.24) is 5.32 Å². The normalized spacial score (nSPS) is 18.3. The maximum Gasteiger partial charge on any atom is 0.416 e. The molecule has 0 heterocycles. The van der Waals surface area contributed by atoms with Gasteiger partial charge >= 0.3 is 6.18 Å². The van der Waals surface area contributed by atoms with Crippen LogP contribution in [0.25, 0.3) is 0 Å². The van der Waals surface area contributed by atoms with Crippen LogP contribution in [0.2, 0.25) is 0 Å². The van der Waals surface area contributed by atoms with Crippen molar-refractivity contribution in [3.05, 3.63) is 54.1 Å². The van der Waals surface area contributed by atoms with Gasteiger partial charge in [0.05, 0.1) is 5.56 Å². The summed E-state index contributed by atoms with van der Waals surface area (Å²) in [5.74, 6) is 0.706. The molecule has 0 spiro atoms. The lowest BCUT2D eigenvalue weighted by molar-refractivity contribution is -0.137. The van der Waals surface area contributed by atoms with Crippen molar-refractivity contribution in [3.8, 4) is 5.75 Å². The van der Waals surface area contributed by atoms with Gasteiger partial charge in [0, 0.05) is 5.92 Å². The summed E-state index contributed by atoms with van der Waals surface area (Å²) >= 11 is 0. The Morgan fingerprint density at radius 2 is 1.91 bits per heavy atom. The third kappa shape index (κ3) is 5.92. The lowest BCUT2D eigenvalue weighted by Crippen LogP contribution is -2.29. The number of nitrogens with one attached hydrogen (secondary N) is 1. The Morgan fingerprint density at radius 3 is 2.43 bits per heavy atom. The third-order valence-electron chi connectivity index (χ3n) is 3.64. The molecule has 1 aliphatic rings. The largest absolute Gasteiger partial charge is 0.490 e. The molecule has 1 N–H and O–H groups in total. The van der Waals surface area contributed by atoms with Gasteiger partial charge in [0.2, 0.25) is 0 Å². The molecule has 1 aliphatic carbocycles. The third-order valence-corrected chi connectivity index (χ3v) is 3.64. The molecule has 0 radical (unpaired) electrons. The van der Waals surface area contributed by atoms with Crippen molar-refractivity contribution in [2.45, 2.75) is 25.1 Å². The molecule has 0 saturated carbocycles. The van der Waals surface area contributed by atoms with Crippen molar-refractivity contribution in [2.75, 3.05) is 13.6 Å². The van der Waals surface area contributed by atoms with Crippen LogP contribution >= 0.6 is 12.4 Å². The van der Waals surface area contributed by atoms with Gasteiger partial charge in [-0.1, -0.05) is 24.3 Å². The first-order valence-corrected chi connectivity index (χ1v) is 7.32. The topological polar surface area (TPSA) is 21.3 Å². The molecule has 1 aromatic rings. The molecular formula is C17H21ClF3NO. The van der Waals surface area contributed by atoms with Crippen LogP contribution in [-0.2, 0) is 6.18 Å². The van der Waals surface area contributed by atoms with E-state index in [0.717, 1.165) is 31.5 Å². The molecule has 2 atom stereocenters. The van der Waals surface area contributed by atoms with Crippen LogP contribution in [0.15, 0.2) is 48.6 Å². The van der Waals surface area contributed by atoms with E-state index in [1.54, 1.807) is 0 Å². The molecule has 0 aliphatic heterocycles. The average molecular weight is 348 g/mol. The van der Waals surface area contributed by atoms with E-state index in [4.69, 9.17) is 4.74 Å². The second-order valence-electron chi connectivity index (χ2n) is 5.28. The molecule has 0 bridgehead atoms. The molecule has 6 heteroatoms. The fourth-order valence-corrected chi connectivity index (χ4v) is 2.42. The SMILES string of the molecule is CNCC[C@@H](Oc1ccc(C(F)(F)F)cc1)[C@H]1C=CC=CC1.Cl. The molecule has 128 valence electrons. The first kappa shape index (κ1) is 19.6. The molecule has 2 nitrogen and oxygen atoms in total. The zero-order chi connectivity index (χ0) is 16.0. The summed E-state index contributed by atoms with van der Waals surface area (Å²) in [6.45, 7) is 0.791. The minimum atomic E-state index is -4.32. The van der Waals surface area contributed by atoms with E-state index >= 15 is 0 Å². The Hall–Kier alpha value is -1.46. The molecule has 1 aromatic carbocycles. The number of hydrogen-bond donors (Lipinski definition) is 1. The highest BCUT2D eigenvalue weighted by Gasteiger charge is 2.30. The Morgan fingerprint density at radius 1 is 1.22 bits per heavy atom. The van der Waals surface area contributed by atoms with Crippen LogP contribution < -0.4 is 10.1 Å². The maximum atomic E-state index is 12.6. The number of alkyl halides is 3. The minimum absolute atomic E-state index is 0. The highest BCUT2D eigenvalue weighted by molar-refractivity contribution is 5.85. The molecule has 23 heavy (non-hydrogen) atoms. The first-order chi connectivity index (χ1) is 10.5. The van der Waals surface area contributed by atoms with Crippen LogP contribution in [0.3, 0.4) is 0 Å². The molecule has 0 saturated heterocycles. The van der Waals surface area contributed by atoms with Crippen LogP contribution in [0.1, 0.15) is 18.4 Å². The van der Waals surface area contributed by atoms with Gasteiger partial charge in [-0.2, -0.15) is 13.2 Å². The Bertz CT molecular complexity index is 526. The molecule has 0 aromatic heterocycles. The van der Waals surface area contributed by atoms with E-state index in [1.807, 2.05) is 19.2 Å². The second-order valence-corrected chi connectivity index (χ2v) is 5.28. The number of allylic oxidation sites excluding steroid dienone is 3. The van der Waals surface area contributed by atoms with Crippen molar-refractivity contribution in [2.24, 2.45) is 5.92 Å². The fraction of sp³-hybridized carbons (Fsp3) is 0.412. The smallest absolute Gasteiger partial charge is 0.416 e. The van der Waals surface area contributed by atoms with Gasteiger partial charge in [0.1, 0.15) is 11.9 Å². The zero-order valence-corrected chi connectivity index (χ0v) is 13.7. The average Bonchev–Trinajstić information content (AvgIpc) is 2.52. The lowest BCUT2D eigenvalue weighted by Gasteiger charge is -2.26. The fourth-order valence-electron chi connectivity index (χ4n) is 2.42. The molecule has 0 amide bonds. The van der Waals surface area contributed by atoms with E-state index in [0.29, 0.717) is 5.75 Å². The lowest BCUT2D eigenvalue weighted by atomic mass is 9.92. The molecule has 0 fully saturated rings. The number of rotatable bonds is 6. The van der Waals surface area contributed by atoms with E-state index in [1.165, 1.54) is 12.1 Å².